The molecule has 0 aromatic rings. The molecule has 0 saturated heterocycles. The summed E-state index contributed by atoms with van der Waals surface area (Å²) in [6, 6.07) is 0. The Bertz CT molecular complexity index is 172. The summed E-state index contributed by atoms with van der Waals surface area (Å²) in [5.74, 6) is 1.96. The zero-order chi connectivity index (χ0) is 9.68. The van der Waals surface area contributed by atoms with Gasteiger partial charge in [0.15, 0.2) is 0 Å². The number of hydrogen-bond acceptors (Lipinski definition) is 1. The number of aliphatic hydroxyl groups excluding tert-OH is 1. The predicted octanol–water partition coefficient (Wildman–Crippen LogP) is 4.05. The molecule has 0 amide bonds. The molecule has 0 aromatic carbocycles. The van der Waals surface area contributed by atoms with Gasteiger partial charge in [0.1, 0.15) is 0 Å². The van der Waals surface area contributed by atoms with Crippen molar-refractivity contribution in [1.82, 2.24) is 0 Å². The molecule has 0 aliphatic heterocycles. The Labute approximate surface area is 81.9 Å². The summed E-state index contributed by atoms with van der Waals surface area (Å²) >= 11 is 0. The van der Waals surface area contributed by atoms with Gasteiger partial charge in [-0.05, 0) is 31.3 Å². The maximum atomic E-state index is 9.65. The van der Waals surface area contributed by atoms with Crippen molar-refractivity contribution in [2.24, 2.45) is 11.8 Å². The lowest BCUT2D eigenvalue weighted by atomic mass is 9.81. The van der Waals surface area contributed by atoms with Crippen LogP contribution < -0.4 is 0 Å². The van der Waals surface area contributed by atoms with E-state index in [-0.39, 0.29) is 0 Å². The molecule has 2 unspecified atom stereocenters. The van der Waals surface area contributed by atoms with Crippen LogP contribution >= 0.6 is 0 Å². The maximum absolute atomic E-state index is 9.65. The highest BCUT2D eigenvalue weighted by Crippen LogP contribution is 2.33. The van der Waals surface area contributed by atoms with Crippen LogP contribution in [0, 0.1) is 11.8 Å². The van der Waals surface area contributed by atoms with Gasteiger partial charge in [0.2, 0.25) is 0 Å². The Kier molecular flexibility index (Phi) is 4.34. The van der Waals surface area contributed by atoms with Crippen LogP contribution in [0.4, 0.5) is 0 Å². The molecule has 1 aliphatic carbocycles. The fourth-order valence-corrected chi connectivity index (χ4v) is 2.33. The molecule has 1 aliphatic rings. The summed E-state index contributed by atoms with van der Waals surface area (Å²) in [4.78, 5) is 0. The Hall–Kier alpha value is -0.460. The largest absolute Gasteiger partial charge is 0.512 e. The molecule has 0 fully saturated rings. The van der Waals surface area contributed by atoms with Gasteiger partial charge in [0.05, 0.1) is 5.76 Å². The molecule has 1 heteroatoms. The first-order chi connectivity index (χ1) is 6.27. The van der Waals surface area contributed by atoms with Crippen molar-refractivity contribution in [2.45, 2.75) is 52.4 Å². The lowest BCUT2D eigenvalue weighted by Gasteiger charge is -2.26. The highest BCUT2D eigenvalue weighted by atomic mass is 16.3. The lowest BCUT2D eigenvalue weighted by molar-refractivity contribution is 0.245. The number of rotatable bonds is 4. The summed E-state index contributed by atoms with van der Waals surface area (Å²) < 4.78 is 0. The molecule has 0 saturated carbocycles. The van der Waals surface area contributed by atoms with E-state index in [1.807, 2.05) is 6.08 Å². The molecule has 0 heterocycles. The first-order valence-corrected chi connectivity index (χ1v) is 5.66. The summed E-state index contributed by atoms with van der Waals surface area (Å²) in [5.41, 5.74) is 0. The lowest BCUT2D eigenvalue weighted by Crippen LogP contribution is -2.15. The third kappa shape index (κ3) is 3.06. The topological polar surface area (TPSA) is 20.2 Å². The minimum absolute atomic E-state index is 0.468. The van der Waals surface area contributed by atoms with E-state index < -0.39 is 0 Å². The Morgan fingerprint density at radius 3 is 2.62 bits per heavy atom. The summed E-state index contributed by atoms with van der Waals surface area (Å²) in [7, 11) is 0. The van der Waals surface area contributed by atoms with Crippen LogP contribution in [0.1, 0.15) is 52.4 Å². The summed E-state index contributed by atoms with van der Waals surface area (Å²) in [5, 5.41) is 9.65. The molecule has 1 N–H and O–H groups in total. The maximum Gasteiger partial charge on any atom is 0.0913 e. The Balaban J connectivity index is 2.45. The first-order valence-electron chi connectivity index (χ1n) is 5.66. The van der Waals surface area contributed by atoms with Crippen molar-refractivity contribution >= 4 is 0 Å². The van der Waals surface area contributed by atoms with Gasteiger partial charge in [-0.25, -0.2) is 0 Å². The van der Waals surface area contributed by atoms with Crippen molar-refractivity contribution in [1.29, 1.82) is 0 Å². The van der Waals surface area contributed by atoms with Crippen molar-refractivity contribution in [3.63, 3.8) is 0 Å². The Morgan fingerprint density at radius 1 is 1.31 bits per heavy atom. The van der Waals surface area contributed by atoms with Crippen LogP contribution in [-0.2, 0) is 0 Å². The second kappa shape index (κ2) is 5.31. The molecular formula is C12H22O. The zero-order valence-electron chi connectivity index (χ0n) is 8.92. The summed E-state index contributed by atoms with van der Waals surface area (Å²) in [6.07, 6.45) is 9.29. The van der Waals surface area contributed by atoms with Crippen LogP contribution in [0.3, 0.4) is 0 Å². The van der Waals surface area contributed by atoms with Crippen LogP contribution in [-0.4, -0.2) is 5.11 Å². The first kappa shape index (κ1) is 10.6. The molecule has 1 nitrogen and oxygen atoms in total. The van der Waals surface area contributed by atoms with Crippen molar-refractivity contribution in [3.05, 3.63) is 11.8 Å². The third-order valence-electron chi connectivity index (χ3n) is 3.03. The molecule has 1 rings (SSSR count). The van der Waals surface area contributed by atoms with E-state index in [1.165, 1.54) is 25.7 Å². The van der Waals surface area contributed by atoms with E-state index in [4.69, 9.17) is 0 Å². The fraction of sp³-hybridized carbons (Fsp3) is 0.833. The molecular weight excluding hydrogens is 160 g/mol. The quantitative estimate of drug-likeness (QED) is 0.695. The minimum atomic E-state index is 0.468. The monoisotopic (exact) mass is 182 g/mol. The smallest absolute Gasteiger partial charge is 0.0913 e. The fourth-order valence-electron chi connectivity index (χ4n) is 2.33. The van der Waals surface area contributed by atoms with Gasteiger partial charge in [0, 0.05) is 5.92 Å². The zero-order valence-corrected chi connectivity index (χ0v) is 8.92. The van der Waals surface area contributed by atoms with E-state index in [1.54, 1.807) is 0 Å². The third-order valence-corrected chi connectivity index (χ3v) is 3.03. The van der Waals surface area contributed by atoms with Crippen LogP contribution in [0.25, 0.3) is 0 Å². The van der Waals surface area contributed by atoms with Gasteiger partial charge in [0.25, 0.3) is 0 Å². The van der Waals surface area contributed by atoms with Gasteiger partial charge in [-0.15, -0.1) is 0 Å². The average molecular weight is 182 g/mol. The molecule has 0 aromatic heterocycles. The molecule has 0 radical (unpaired) electrons. The standard InChI is InChI=1S/C12H22O/c1-3-5-10-7-8-12(13)11(9-10)6-4-2/h8,10-11,13H,3-7,9H2,1-2H3. The van der Waals surface area contributed by atoms with E-state index in [2.05, 4.69) is 13.8 Å². The van der Waals surface area contributed by atoms with Crippen molar-refractivity contribution < 1.29 is 5.11 Å². The molecule has 13 heavy (non-hydrogen) atoms. The van der Waals surface area contributed by atoms with Crippen molar-refractivity contribution in [3.8, 4) is 0 Å². The molecule has 0 bridgehead atoms. The predicted molar refractivity (Wildman–Crippen MR) is 56.7 cm³/mol. The molecule has 0 spiro atoms. The normalized spacial score (nSPS) is 28.6. The van der Waals surface area contributed by atoms with Crippen LogP contribution in [0.2, 0.25) is 0 Å². The molecule has 2 atom stereocenters. The summed E-state index contributed by atoms with van der Waals surface area (Å²) in [6.45, 7) is 4.43. The van der Waals surface area contributed by atoms with E-state index in [0.717, 1.165) is 18.8 Å². The van der Waals surface area contributed by atoms with Gasteiger partial charge in [-0.1, -0.05) is 33.1 Å². The van der Waals surface area contributed by atoms with Crippen molar-refractivity contribution in [2.75, 3.05) is 0 Å². The van der Waals surface area contributed by atoms with Gasteiger partial charge >= 0.3 is 0 Å². The average Bonchev–Trinajstić information content (AvgIpc) is 2.12. The van der Waals surface area contributed by atoms with Gasteiger partial charge in [-0.2, -0.15) is 0 Å². The second-order valence-electron chi connectivity index (χ2n) is 4.24. The Morgan fingerprint density at radius 2 is 2.00 bits per heavy atom. The second-order valence-corrected chi connectivity index (χ2v) is 4.24. The highest BCUT2D eigenvalue weighted by Gasteiger charge is 2.22. The van der Waals surface area contributed by atoms with Crippen LogP contribution in [0.5, 0.6) is 0 Å². The number of hydrogen-bond donors (Lipinski definition) is 1. The van der Waals surface area contributed by atoms with E-state index in [0.29, 0.717) is 11.7 Å². The van der Waals surface area contributed by atoms with Gasteiger partial charge in [-0.3, -0.25) is 0 Å². The minimum Gasteiger partial charge on any atom is -0.512 e. The number of allylic oxidation sites excluding steroid dienone is 2. The van der Waals surface area contributed by atoms with E-state index in [9.17, 15) is 5.11 Å². The van der Waals surface area contributed by atoms with E-state index >= 15 is 0 Å². The SMILES string of the molecule is CCCC1CC=C(O)C(CCC)C1. The molecule has 76 valence electrons. The number of aliphatic hydroxyl groups is 1. The van der Waals surface area contributed by atoms with Gasteiger partial charge < -0.3 is 5.11 Å². The highest BCUT2D eigenvalue weighted by molar-refractivity contribution is 5.02. The van der Waals surface area contributed by atoms with Crippen LogP contribution in [0.15, 0.2) is 11.8 Å².